The molecule has 0 aromatic carbocycles. The molecule has 1 aliphatic carbocycles. The average Bonchev–Trinajstić information content (AvgIpc) is 3.21. The number of aromatic nitrogens is 3. The Kier molecular flexibility index (Phi) is 3.88. The molecule has 24 heavy (non-hydrogen) atoms. The minimum absolute atomic E-state index is 0.297. The number of pyridine rings is 1. The van der Waals surface area contributed by atoms with Crippen LogP contribution in [0.5, 0.6) is 0 Å². The fourth-order valence-corrected chi connectivity index (χ4v) is 4.07. The summed E-state index contributed by atoms with van der Waals surface area (Å²) >= 11 is 0. The zero-order chi connectivity index (χ0) is 16.7. The van der Waals surface area contributed by atoms with Gasteiger partial charge in [0.25, 0.3) is 0 Å². The fourth-order valence-electron chi connectivity index (χ4n) is 4.07. The van der Waals surface area contributed by atoms with Crippen molar-refractivity contribution in [2.45, 2.75) is 52.1 Å². The van der Waals surface area contributed by atoms with Gasteiger partial charge in [-0.1, -0.05) is 30.5 Å². The zero-order valence-corrected chi connectivity index (χ0v) is 14.2. The first-order chi connectivity index (χ1) is 11.7. The lowest BCUT2D eigenvalue weighted by molar-refractivity contribution is 0.0806. The Morgan fingerprint density at radius 1 is 1.21 bits per heavy atom. The van der Waals surface area contributed by atoms with Gasteiger partial charge in [0.1, 0.15) is 5.76 Å². The summed E-state index contributed by atoms with van der Waals surface area (Å²) in [7, 11) is 0. The van der Waals surface area contributed by atoms with Crippen LogP contribution < -0.4 is 0 Å². The molecule has 0 saturated heterocycles. The monoisotopic (exact) mass is 325 g/mol. The van der Waals surface area contributed by atoms with Crippen LogP contribution in [0.1, 0.15) is 55.4 Å². The Bertz CT molecular complexity index is 839. The lowest BCUT2D eigenvalue weighted by Gasteiger charge is -2.28. The molecule has 0 bridgehead atoms. The number of rotatable bonds is 3. The van der Waals surface area contributed by atoms with Gasteiger partial charge in [-0.2, -0.15) is 0 Å². The summed E-state index contributed by atoms with van der Waals surface area (Å²) in [4.78, 5) is 4.27. The van der Waals surface area contributed by atoms with Crippen LogP contribution in [0, 0.1) is 19.8 Å². The van der Waals surface area contributed by atoms with Gasteiger partial charge in [-0.25, -0.2) is 4.98 Å². The average molecular weight is 325 g/mol. The molecule has 3 aromatic rings. The van der Waals surface area contributed by atoms with Crippen molar-refractivity contribution >= 4 is 5.52 Å². The molecule has 3 aromatic heterocycles. The standard InChI is InChI=1S/C19H23N3O2/c1-12-17(13(2)24-21-12)16-9-8-15-10-20-11-22(15)18(16)19(23)14-6-4-3-5-7-14/h8-11,14,19,23H,3-7H2,1-2H3. The first-order valence-electron chi connectivity index (χ1n) is 8.73. The highest BCUT2D eigenvalue weighted by Crippen LogP contribution is 2.40. The summed E-state index contributed by atoms with van der Waals surface area (Å²) in [5.74, 6) is 1.08. The molecule has 5 nitrogen and oxygen atoms in total. The van der Waals surface area contributed by atoms with Crippen molar-refractivity contribution in [3.63, 3.8) is 0 Å². The predicted octanol–water partition coefficient (Wildman–Crippen LogP) is 4.22. The number of fused-ring (bicyclic) bond motifs is 1. The molecule has 1 fully saturated rings. The van der Waals surface area contributed by atoms with Crippen LogP contribution in [0.3, 0.4) is 0 Å². The Labute approximate surface area is 141 Å². The third-order valence-corrected chi connectivity index (χ3v) is 5.30. The first-order valence-corrected chi connectivity index (χ1v) is 8.73. The molecule has 126 valence electrons. The molecule has 5 heteroatoms. The number of aliphatic hydroxyl groups is 1. The van der Waals surface area contributed by atoms with Crippen LogP contribution in [0.2, 0.25) is 0 Å². The molecule has 0 spiro atoms. The molecule has 0 radical (unpaired) electrons. The smallest absolute Gasteiger partial charge is 0.141 e. The lowest BCUT2D eigenvalue weighted by Crippen LogP contribution is -2.19. The highest BCUT2D eigenvalue weighted by Gasteiger charge is 2.29. The Hall–Kier alpha value is -2.14. The number of imidazole rings is 1. The van der Waals surface area contributed by atoms with E-state index in [9.17, 15) is 5.11 Å². The molecule has 1 aliphatic rings. The molecular formula is C19H23N3O2. The summed E-state index contributed by atoms with van der Waals surface area (Å²) in [6, 6.07) is 4.09. The van der Waals surface area contributed by atoms with Gasteiger partial charge in [0.2, 0.25) is 0 Å². The molecular weight excluding hydrogens is 302 g/mol. The van der Waals surface area contributed by atoms with Gasteiger partial charge in [-0.15, -0.1) is 0 Å². The van der Waals surface area contributed by atoms with Crippen LogP contribution in [-0.2, 0) is 0 Å². The first kappa shape index (κ1) is 15.4. The number of hydrogen-bond donors (Lipinski definition) is 1. The molecule has 4 rings (SSSR count). The normalized spacial score (nSPS) is 17.5. The van der Waals surface area contributed by atoms with E-state index in [1.54, 1.807) is 6.33 Å². The van der Waals surface area contributed by atoms with E-state index >= 15 is 0 Å². The van der Waals surface area contributed by atoms with Gasteiger partial charge < -0.3 is 9.63 Å². The van der Waals surface area contributed by atoms with Gasteiger partial charge in [0, 0.05) is 11.1 Å². The number of aryl methyl sites for hydroxylation is 2. The second-order valence-electron chi connectivity index (χ2n) is 6.86. The molecule has 3 heterocycles. The Morgan fingerprint density at radius 3 is 2.71 bits per heavy atom. The third-order valence-electron chi connectivity index (χ3n) is 5.30. The van der Waals surface area contributed by atoms with Gasteiger partial charge >= 0.3 is 0 Å². The summed E-state index contributed by atoms with van der Waals surface area (Å²) in [6.45, 7) is 3.87. The van der Waals surface area contributed by atoms with E-state index in [1.807, 2.05) is 30.5 Å². The van der Waals surface area contributed by atoms with Gasteiger partial charge in [-0.05, 0) is 38.7 Å². The third kappa shape index (κ3) is 2.44. The van der Waals surface area contributed by atoms with Crippen molar-refractivity contribution in [2.24, 2.45) is 5.92 Å². The quantitative estimate of drug-likeness (QED) is 0.783. The topological polar surface area (TPSA) is 63.6 Å². The highest BCUT2D eigenvalue weighted by molar-refractivity contribution is 5.72. The Balaban J connectivity index is 1.91. The van der Waals surface area contributed by atoms with Gasteiger partial charge in [0.05, 0.1) is 35.5 Å². The van der Waals surface area contributed by atoms with E-state index in [4.69, 9.17) is 4.52 Å². The highest BCUT2D eigenvalue weighted by atomic mass is 16.5. The molecule has 1 saturated carbocycles. The van der Waals surface area contributed by atoms with Crippen molar-refractivity contribution in [3.05, 3.63) is 41.8 Å². The fraction of sp³-hybridized carbons (Fsp3) is 0.474. The minimum Gasteiger partial charge on any atom is -0.387 e. The SMILES string of the molecule is Cc1noc(C)c1-c1ccc2cncn2c1C(O)C1CCCCC1. The maximum atomic E-state index is 11.2. The van der Waals surface area contributed by atoms with Crippen molar-refractivity contribution in [1.82, 2.24) is 14.5 Å². The maximum Gasteiger partial charge on any atom is 0.141 e. The van der Waals surface area contributed by atoms with Gasteiger partial charge in [-0.3, -0.25) is 4.40 Å². The predicted molar refractivity (Wildman–Crippen MR) is 91.7 cm³/mol. The van der Waals surface area contributed by atoms with E-state index < -0.39 is 6.10 Å². The van der Waals surface area contributed by atoms with Crippen molar-refractivity contribution in [3.8, 4) is 11.1 Å². The van der Waals surface area contributed by atoms with E-state index in [0.29, 0.717) is 5.92 Å². The van der Waals surface area contributed by atoms with E-state index in [2.05, 4.69) is 16.2 Å². The van der Waals surface area contributed by atoms with E-state index in [0.717, 1.165) is 46.6 Å². The largest absolute Gasteiger partial charge is 0.387 e. The van der Waals surface area contributed by atoms with Crippen LogP contribution >= 0.6 is 0 Å². The van der Waals surface area contributed by atoms with Crippen LogP contribution in [-0.4, -0.2) is 19.6 Å². The molecule has 0 amide bonds. The van der Waals surface area contributed by atoms with Crippen molar-refractivity contribution in [1.29, 1.82) is 0 Å². The number of aliphatic hydroxyl groups excluding tert-OH is 1. The van der Waals surface area contributed by atoms with Crippen molar-refractivity contribution in [2.75, 3.05) is 0 Å². The van der Waals surface area contributed by atoms with Gasteiger partial charge in [0.15, 0.2) is 0 Å². The van der Waals surface area contributed by atoms with E-state index in [-0.39, 0.29) is 0 Å². The molecule has 0 aliphatic heterocycles. The summed E-state index contributed by atoms with van der Waals surface area (Å²) < 4.78 is 7.38. The molecule has 1 atom stereocenters. The van der Waals surface area contributed by atoms with Crippen molar-refractivity contribution < 1.29 is 9.63 Å². The molecule has 1 N–H and O–H groups in total. The summed E-state index contributed by atoms with van der Waals surface area (Å²) in [5.41, 5.74) is 4.73. The Morgan fingerprint density at radius 2 is 2.00 bits per heavy atom. The van der Waals surface area contributed by atoms with Crippen LogP contribution in [0.25, 0.3) is 16.6 Å². The van der Waals surface area contributed by atoms with Crippen LogP contribution in [0.4, 0.5) is 0 Å². The second-order valence-corrected chi connectivity index (χ2v) is 6.86. The number of hydrogen-bond acceptors (Lipinski definition) is 4. The zero-order valence-electron chi connectivity index (χ0n) is 14.2. The van der Waals surface area contributed by atoms with E-state index in [1.165, 1.54) is 19.3 Å². The minimum atomic E-state index is -0.508. The summed E-state index contributed by atoms with van der Waals surface area (Å²) in [6.07, 6.45) is 8.93. The number of nitrogens with zero attached hydrogens (tertiary/aromatic N) is 3. The summed E-state index contributed by atoms with van der Waals surface area (Å²) in [5, 5.41) is 15.3. The van der Waals surface area contributed by atoms with Crippen LogP contribution in [0.15, 0.2) is 29.2 Å². The molecule has 1 unspecified atom stereocenters. The second kappa shape index (κ2) is 6.06. The maximum absolute atomic E-state index is 11.2. The lowest BCUT2D eigenvalue weighted by atomic mass is 9.82.